The largest absolute Gasteiger partial charge is 0.0654 e. The minimum absolute atomic E-state index is 0.939. The third-order valence-electron chi connectivity index (χ3n) is 3.36. The van der Waals surface area contributed by atoms with Crippen LogP contribution in [-0.2, 0) is 0 Å². The van der Waals surface area contributed by atoms with Gasteiger partial charge in [-0.05, 0) is 18.3 Å². The molecule has 14 heavy (non-hydrogen) atoms. The lowest BCUT2D eigenvalue weighted by Gasteiger charge is -2.19. The number of unbranched alkanes of at least 4 members (excludes halogenated alkanes) is 2. The van der Waals surface area contributed by atoms with Gasteiger partial charge in [0.25, 0.3) is 0 Å². The molecule has 1 atom stereocenters. The first-order valence-corrected chi connectivity index (χ1v) is 6.74. The average Bonchev–Trinajstić information content (AvgIpc) is 2.21. The first kappa shape index (κ1) is 14.0. The van der Waals surface area contributed by atoms with Gasteiger partial charge in [0.05, 0.1) is 0 Å². The summed E-state index contributed by atoms with van der Waals surface area (Å²) in [7, 11) is 0. The number of rotatable bonds is 9. The van der Waals surface area contributed by atoms with Gasteiger partial charge < -0.3 is 0 Å². The zero-order valence-electron chi connectivity index (χ0n) is 10.8. The maximum absolute atomic E-state index is 2.41. The summed E-state index contributed by atoms with van der Waals surface area (Å²) in [6.45, 7) is 9.34. The molecule has 1 unspecified atom stereocenters. The molecule has 0 fully saturated rings. The highest BCUT2D eigenvalue weighted by molar-refractivity contribution is 4.63. The molecule has 0 heterocycles. The van der Waals surface area contributed by atoms with E-state index >= 15 is 0 Å². The van der Waals surface area contributed by atoms with E-state index in [-0.39, 0.29) is 0 Å². The van der Waals surface area contributed by atoms with Crippen LogP contribution in [-0.4, -0.2) is 0 Å². The highest BCUT2D eigenvalue weighted by Gasteiger charge is 2.11. The van der Waals surface area contributed by atoms with Crippen molar-refractivity contribution in [3.8, 4) is 0 Å². The maximum atomic E-state index is 2.41. The highest BCUT2D eigenvalue weighted by Crippen LogP contribution is 2.24. The van der Waals surface area contributed by atoms with Crippen molar-refractivity contribution >= 4 is 0 Å². The fourth-order valence-electron chi connectivity index (χ4n) is 2.10. The Labute approximate surface area is 91.5 Å². The Hall–Kier alpha value is 0. The van der Waals surface area contributed by atoms with Gasteiger partial charge in [0.15, 0.2) is 0 Å². The summed E-state index contributed by atoms with van der Waals surface area (Å²) in [5, 5.41) is 0. The minimum atomic E-state index is 0.939. The van der Waals surface area contributed by atoms with Gasteiger partial charge in [-0.1, -0.05) is 72.6 Å². The van der Waals surface area contributed by atoms with E-state index in [1.54, 1.807) is 0 Å². The van der Waals surface area contributed by atoms with E-state index in [0.29, 0.717) is 0 Å². The van der Waals surface area contributed by atoms with E-state index in [1.165, 1.54) is 51.4 Å². The molecule has 0 aromatic carbocycles. The van der Waals surface area contributed by atoms with Crippen LogP contribution in [0.4, 0.5) is 0 Å². The lowest BCUT2D eigenvalue weighted by Crippen LogP contribution is -2.06. The first-order chi connectivity index (χ1) is 6.74. The molecule has 0 aliphatic rings. The zero-order chi connectivity index (χ0) is 10.8. The SMILES string of the molecule is CCCCC(CCCC)CC(C)CC. The summed E-state index contributed by atoms with van der Waals surface area (Å²) in [5.74, 6) is 1.96. The summed E-state index contributed by atoms with van der Waals surface area (Å²) in [5.41, 5.74) is 0. The van der Waals surface area contributed by atoms with Gasteiger partial charge in [-0.3, -0.25) is 0 Å². The molecule has 0 nitrogen and oxygen atoms in total. The van der Waals surface area contributed by atoms with Crippen LogP contribution >= 0.6 is 0 Å². The molecular formula is C14H30. The van der Waals surface area contributed by atoms with Crippen LogP contribution in [0, 0.1) is 11.8 Å². The second kappa shape index (κ2) is 9.55. The van der Waals surface area contributed by atoms with Crippen molar-refractivity contribution in [2.24, 2.45) is 11.8 Å². The predicted molar refractivity (Wildman–Crippen MR) is 66.6 cm³/mol. The van der Waals surface area contributed by atoms with Crippen LogP contribution in [0.5, 0.6) is 0 Å². The van der Waals surface area contributed by atoms with Gasteiger partial charge in [0, 0.05) is 0 Å². The average molecular weight is 198 g/mol. The summed E-state index contributed by atoms with van der Waals surface area (Å²) in [6, 6.07) is 0. The van der Waals surface area contributed by atoms with E-state index in [4.69, 9.17) is 0 Å². The lowest BCUT2D eigenvalue weighted by molar-refractivity contribution is 0.330. The molecule has 0 heteroatoms. The van der Waals surface area contributed by atoms with E-state index in [9.17, 15) is 0 Å². The normalized spacial score (nSPS) is 13.5. The van der Waals surface area contributed by atoms with E-state index in [1.807, 2.05) is 0 Å². The summed E-state index contributed by atoms with van der Waals surface area (Å²) >= 11 is 0. The van der Waals surface area contributed by atoms with Gasteiger partial charge in [-0.2, -0.15) is 0 Å². The number of hydrogen-bond acceptors (Lipinski definition) is 0. The van der Waals surface area contributed by atoms with Crippen LogP contribution < -0.4 is 0 Å². The molecule has 0 saturated carbocycles. The van der Waals surface area contributed by atoms with Crippen molar-refractivity contribution in [1.82, 2.24) is 0 Å². The van der Waals surface area contributed by atoms with Crippen molar-refractivity contribution in [3.05, 3.63) is 0 Å². The Morgan fingerprint density at radius 1 is 0.857 bits per heavy atom. The lowest BCUT2D eigenvalue weighted by atomic mass is 9.87. The van der Waals surface area contributed by atoms with Crippen molar-refractivity contribution in [3.63, 3.8) is 0 Å². The quantitative estimate of drug-likeness (QED) is 0.464. The Kier molecular flexibility index (Phi) is 9.55. The molecule has 0 saturated heterocycles. The van der Waals surface area contributed by atoms with Gasteiger partial charge in [0.2, 0.25) is 0 Å². The van der Waals surface area contributed by atoms with Crippen LogP contribution in [0.2, 0.25) is 0 Å². The first-order valence-electron chi connectivity index (χ1n) is 6.74. The van der Waals surface area contributed by atoms with Crippen molar-refractivity contribution in [2.45, 2.75) is 79.1 Å². The monoisotopic (exact) mass is 198 g/mol. The molecule has 0 amide bonds. The van der Waals surface area contributed by atoms with Crippen LogP contribution in [0.15, 0.2) is 0 Å². The standard InChI is InChI=1S/C14H30/c1-5-8-10-14(11-9-6-2)12-13(4)7-3/h13-14H,5-12H2,1-4H3. The smallest absolute Gasteiger partial charge is 0.0412 e. The van der Waals surface area contributed by atoms with Gasteiger partial charge in [-0.15, -0.1) is 0 Å². The molecule has 86 valence electrons. The van der Waals surface area contributed by atoms with Crippen molar-refractivity contribution in [2.75, 3.05) is 0 Å². The Balaban J connectivity index is 3.71. The summed E-state index contributed by atoms with van der Waals surface area (Å²) in [6.07, 6.45) is 11.4. The molecule has 0 aliphatic heterocycles. The van der Waals surface area contributed by atoms with E-state index in [0.717, 1.165) is 11.8 Å². The van der Waals surface area contributed by atoms with E-state index in [2.05, 4.69) is 27.7 Å². The molecular weight excluding hydrogens is 168 g/mol. The van der Waals surface area contributed by atoms with Crippen LogP contribution in [0.1, 0.15) is 79.1 Å². The fourth-order valence-corrected chi connectivity index (χ4v) is 2.10. The number of hydrogen-bond donors (Lipinski definition) is 0. The Bertz CT molecular complexity index is 98.6. The Morgan fingerprint density at radius 2 is 1.36 bits per heavy atom. The van der Waals surface area contributed by atoms with Crippen molar-refractivity contribution in [1.29, 1.82) is 0 Å². The van der Waals surface area contributed by atoms with Crippen LogP contribution in [0.3, 0.4) is 0 Å². The highest BCUT2D eigenvalue weighted by atomic mass is 14.2. The molecule has 0 aromatic rings. The molecule has 0 N–H and O–H groups in total. The Morgan fingerprint density at radius 3 is 1.71 bits per heavy atom. The zero-order valence-corrected chi connectivity index (χ0v) is 10.8. The third-order valence-corrected chi connectivity index (χ3v) is 3.36. The molecule has 0 spiro atoms. The van der Waals surface area contributed by atoms with Gasteiger partial charge in [0.1, 0.15) is 0 Å². The third kappa shape index (κ3) is 7.41. The second-order valence-electron chi connectivity index (χ2n) is 4.90. The summed E-state index contributed by atoms with van der Waals surface area (Å²) < 4.78 is 0. The van der Waals surface area contributed by atoms with Crippen molar-refractivity contribution < 1.29 is 0 Å². The molecule has 0 aromatic heterocycles. The molecule has 0 bridgehead atoms. The minimum Gasteiger partial charge on any atom is -0.0654 e. The van der Waals surface area contributed by atoms with E-state index < -0.39 is 0 Å². The maximum Gasteiger partial charge on any atom is -0.0412 e. The van der Waals surface area contributed by atoms with Gasteiger partial charge in [-0.25, -0.2) is 0 Å². The predicted octanol–water partition coefficient (Wildman–Crippen LogP) is 5.42. The fraction of sp³-hybridized carbons (Fsp3) is 1.00. The topological polar surface area (TPSA) is 0 Å². The van der Waals surface area contributed by atoms with Crippen LogP contribution in [0.25, 0.3) is 0 Å². The molecule has 0 aliphatic carbocycles. The summed E-state index contributed by atoms with van der Waals surface area (Å²) in [4.78, 5) is 0. The second-order valence-corrected chi connectivity index (χ2v) is 4.90. The molecule has 0 radical (unpaired) electrons. The van der Waals surface area contributed by atoms with Gasteiger partial charge >= 0.3 is 0 Å². The molecule has 0 rings (SSSR count).